The fourth-order valence-corrected chi connectivity index (χ4v) is 3.50. The normalized spacial score (nSPS) is 24.3. The predicted octanol–water partition coefficient (Wildman–Crippen LogP) is 3.83. The summed E-state index contributed by atoms with van der Waals surface area (Å²) >= 11 is 0. The van der Waals surface area contributed by atoms with Gasteiger partial charge >= 0.3 is 0 Å². The predicted molar refractivity (Wildman–Crippen MR) is 80.5 cm³/mol. The summed E-state index contributed by atoms with van der Waals surface area (Å²) in [6.07, 6.45) is 16.8. The summed E-state index contributed by atoms with van der Waals surface area (Å²) in [6.45, 7) is 1.74. The molecule has 0 aromatic carbocycles. The highest BCUT2D eigenvalue weighted by atomic mass is 14.5. The molecule has 1 fully saturated rings. The van der Waals surface area contributed by atoms with Gasteiger partial charge in [-0.15, -0.1) is 0 Å². The van der Waals surface area contributed by atoms with Crippen LogP contribution in [0.3, 0.4) is 0 Å². The molecule has 0 saturated heterocycles. The van der Waals surface area contributed by atoms with E-state index in [1.807, 2.05) is 0 Å². The van der Waals surface area contributed by atoms with Crippen LogP contribution in [0.4, 0.5) is 0 Å². The molecule has 0 unspecified atom stereocenters. The highest BCUT2D eigenvalue weighted by Gasteiger charge is 2.23. The zero-order valence-corrected chi connectivity index (χ0v) is 12.2. The molecule has 1 aliphatic carbocycles. The molecule has 0 amide bonds. The third-order valence-corrected chi connectivity index (χ3v) is 4.62. The standard InChI is InChI=1S/C16H34N2/c17-13-7-1-3-9-15-11-5-6-12-16(15)10-4-2-8-14-18/h15-16H,1-14,17-18H2/t15-,16-/m1/s1. The molecule has 0 aliphatic heterocycles. The maximum absolute atomic E-state index is 5.56. The van der Waals surface area contributed by atoms with Crippen molar-refractivity contribution in [1.29, 1.82) is 0 Å². The third kappa shape index (κ3) is 6.75. The average molecular weight is 254 g/mol. The van der Waals surface area contributed by atoms with E-state index in [4.69, 9.17) is 11.5 Å². The summed E-state index contributed by atoms with van der Waals surface area (Å²) in [4.78, 5) is 0. The summed E-state index contributed by atoms with van der Waals surface area (Å²) in [5.41, 5.74) is 11.1. The number of hydrogen-bond acceptors (Lipinski definition) is 2. The molecule has 18 heavy (non-hydrogen) atoms. The van der Waals surface area contributed by atoms with E-state index >= 15 is 0 Å². The molecule has 0 aromatic heterocycles. The maximum atomic E-state index is 5.56. The lowest BCUT2D eigenvalue weighted by molar-refractivity contribution is 0.202. The Hall–Kier alpha value is -0.0800. The van der Waals surface area contributed by atoms with Crippen molar-refractivity contribution < 1.29 is 0 Å². The Morgan fingerprint density at radius 1 is 0.611 bits per heavy atom. The van der Waals surface area contributed by atoms with Gasteiger partial charge in [0.25, 0.3) is 0 Å². The van der Waals surface area contributed by atoms with Crippen molar-refractivity contribution in [3.05, 3.63) is 0 Å². The number of unbranched alkanes of at least 4 members (excludes halogenated alkanes) is 4. The Bertz CT molecular complexity index is 162. The molecule has 1 aliphatic rings. The van der Waals surface area contributed by atoms with Crippen molar-refractivity contribution in [2.75, 3.05) is 13.1 Å². The van der Waals surface area contributed by atoms with Crippen molar-refractivity contribution in [1.82, 2.24) is 0 Å². The Labute approximate surface area is 114 Å². The topological polar surface area (TPSA) is 52.0 Å². The third-order valence-electron chi connectivity index (χ3n) is 4.62. The fourth-order valence-electron chi connectivity index (χ4n) is 3.50. The molecule has 2 nitrogen and oxygen atoms in total. The van der Waals surface area contributed by atoms with Gasteiger partial charge in [0, 0.05) is 0 Å². The van der Waals surface area contributed by atoms with Crippen LogP contribution in [0, 0.1) is 11.8 Å². The van der Waals surface area contributed by atoms with Crippen molar-refractivity contribution >= 4 is 0 Å². The van der Waals surface area contributed by atoms with Crippen molar-refractivity contribution in [3.8, 4) is 0 Å². The van der Waals surface area contributed by atoms with Gasteiger partial charge in [0.2, 0.25) is 0 Å². The van der Waals surface area contributed by atoms with Crippen molar-refractivity contribution in [2.24, 2.45) is 23.3 Å². The minimum Gasteiger partial charge on any atom is -0.330 e. The Balaban J connectivity index is 2.15. The molecule has 0 aromatic rings. The molecule has 0 heterocycles. The van der Waals surface area contributed by atoms with Gasteiger partial charge in [-0.25, -0.2) is 0 Å². The second kappa shape index (κ2) is 10.8. The molecule has 108 valence electrons. The Morgan fingerprint density at radius 2 is 1.06 bits per heavy atom. The number of rotatable bonds is 10. The summed E-state index contributed by atoms with van der Waals surface area (Å²) in [6, 6.07) is 0. The first-order valence-electron chi connectivity index (χ1n) is 8.28. The van der Waals surface area contributed by atoms with E-state index in [-0.39, 0.29) is 0 Å². The second-order valence-electron chi connectivity index (χ2n) is 6.08. The molecule has 0 bridgehead atoms. The molecule has 4 N–H and O–H groups in total. The Morgan fingerprint density at radius 3 is 1.44 bits per heavy atom. The Kier molecular flexibility index (Phi) is 9.59. The molecular formula is C16H34N2. The van der Waals surface area contributed by atoms with E-state index in [9.17, 15) is 0 Å². The molecule has 2 atom stereocenters. The largest absolute Gasteiger partial charge is 0.330 e. The van der Waals surface area contributed by atoms with Gasteiger partial charge < -0.3 is 11.5 Å². The number of hydrogen-bond donors (Lipinski definition) is 2. The molecule has 2 heteroatoms. The van der Waals surface area contributed by atoms with Gasteiger partial charge in [-0.1, -0.05) is 64.2 Å². The van der Waals surface area contributed by atoms with E-state index in [1.54, 1.807) is 0 Å². The lowest BCUT2D eigenvalue weighted by Gasteiger charge is -2.32. The van der Waals surface area contributed by atoms with E-state index in [0.717, 1.165) is 24.9 Å². The van der Waals surface area contributed by atoms with Crippen LogP contribution in [0.1, 0.15) is 77.0 Å². The van der Waals surface area contributed by atoms with Crippen LogP contribution < -0.4 is 11.5 Å². The van der Waals surface area contributed by atoms with Crippen molar-refractivity contribution in [3.63, 3.8) is 0 Å². The summed E-state index contributed by atoms with van der Waals surface area (Å²) < 4.78 is 0. The monoisotopic (exact) mass is 254 g/mol. The quantitative estimate of drug-likeness (QED) is 0.582. The fraction of sp³-hybridized carbons (Fsp3) is 1.00. The minimum atomic E-state index is 0.868. The van der Waals surface area contributed by atoms with Gasteiger partial charge in [-0.05, 0) is 37.8 Å². The molecule has 1 rings (SSSR count). The van der Waals surface area contributed by atoms with Crippen LogP contribution in [0.15, 0.2) is 0 Å². The van der Waals surface area contributed by atoms with Gasteiger partial charge in [0.1, 0.15) is 0 Å². The van der Waals surface area contributed by atoms with E-state index in [1.165, 1.54) is 77.0 Å². The molecule has 0 spiro atoms. The number of nitrogens with two attached hydrogens (primary N) is 2. The first kappa shape index (κ1) is 16.0. The zero-order chi connectivity index (χ0) is 13.1. The average Bonchev–Trinajstić information content (AvgIpc) is 2.41. The van der Waals surface area contributed by atoms with Gasteiger partial charge in [-0.3, -0.25) is 0 Å². The molecular weight excluding hydrogens is 220 g/mol. The lowest BCUT2D eigenvalue weighted by Crippen LogP contribution is -2.19. The second-order valence-corrected chi connectivity index (χ2v) is 6.08. The van der Waals surface area contributed by atoms with E-state index < -0.39 is 0 Å². The van der Waals surface area contributed by atoms with Crippen LogP contribution in [-0.2, 0) is 0 Å². The van der Waals surface area contributed by atoms with Crippen LogP contribution >= 0.6 is 0 Å². The van der Waals surface area contributed by atoms with Crippen LogP contribution in [0.5, 0.6) is 0 Å². The summed E-state index contributed by atoms with van der Waals surface area (Å²) in [5, 5.41) is 0. The first-order valence-corrected chi connectivity index (χ1v) is 8.28. The van der Waals surface area contributed by atoms with Gasteiger partial charge in [-0.2, -0.15) is 0 Å². The summed E-state index contributed by atoms with van der Waals surface area (Å²) in [5.74, 6) is 2.05. The minimum absolute atomic E-state index is 0.868. The van der Waals surface area contributed by atoms with E-state index in [2.05, 4.69) is 0 Å². The smallest absolute Gasteiger partial charge is 0.00773 e. The molecule has 0 radical (unpaired) electrons. The summed E-state index contributed by atoms with van der Waals surface area (Å²) in [7, 11) is 0. The van der Waals surface area contributed by atoms with E-state index in [0.29, 0.717) is 0 Å². The van der Waals surface area contributed by atoms with Gasteiger partial charge in [0.05, 0.1) is 0 Å². The SMILES string of the molecule is NCCCCC[C@@H]1CCCC[C@H]1CCCCCN. The first-order chi connectivity index (χ1) is 8.88. The van der Waals surface area contributed by atoms with Gasteiger partial charge in [0.15, 0.2) is 0 Å². The molecule has 1 saturated carbocycles. The maximum Gasteiger partial charge on any atom is -0.00773 e. The zero-order valence-electron chi connectivity index (χ0n) is 12.2. The highest BCUT2D eigenvalue weighted by Crippen LogP contribution is 2.36. The highest BCUT2D eigenvalue weighted by molar-refractivity contribution is 4.75. The van der Waals surface area contributed by atoms with Crippen LogP contribution in [-0.4, -0.2) is 13.1 Å². The van der Waals surface area contributed by atoms with Crippen LogP contribution in [0.25, 0.3) is 0 Å². The lowest BCUT2D eigenvalue weighted by atomic mass is 9.74. The van der Waals surface area contributed by atoms with Crippen molar-refractivity contribution in [2.45, 2.75) is 77.0 Å². The van der Waals surface area contributed by atoms with Crippen LogP contribution in [0.2, 0.25) is 0 Å².